The van der Waals surface area contributed by atoms with E-state index in [1.807, 2.05) is 43.3 Å². The van der Waals surface area contributed by atoms with Crippen molar-refractivity contribution in [3.8, 4) is 0 Å². The summed E-state index contributed by atoms with van der Waals surface area (Å²) in [5, 5.41) is 6.24. The number of hydrogen-bond acceptors (Lipinski definition) is 4. The lowest BCUT2D eigenvalue weighted by Gasteiger charge is -2.04. The molecule has 0 saturated heterocycles. The molecule has 2 N–H and O–H groups in total. The molecule has 0 radical (unpaired) electrons. The van der Waals surface area contributed by atoms with Crippen LogP contribution >= 0.6 is 11.3 Å². The maximum Gasteiger partial charge on any atom is 0.255 e. The Morgan fingerprint density at radius 1 is 1.08 bits per heavy atom. The number of thiazole rings is 1. The lowest BCUT2D eigenvalue weighted by Crippen LogP contribution is -2.11. The Labute approximate surface area is 143 Å². The zero-order chi connectivity index (χ0) is 16.9. The van der Waals surface area contributed by atoms with E-state index >= 15 is 0 Å². The van der Waals surface area contributed by atoms with Gasteiger partial charge in [-0.25, -0.2) is 4.98 Å². The van der Waals surface area contributed by atoms with Crippen LogP contribution in [0.2, 0.25) is 0 Å². The van der Waals surface area contributed by atoms with E-state index in [4.69, 9.17) is 0 Å². The molecule has 0 aliphatic carbocycles. The predicted octanol–water partition coefficient (Wildman–Crippen LogP) is 4.29. The molecule has 5 nitrogen and oxygen atoms in total. The molecule has 0 aliphatic rings. The topological polar surface area (TPSA) is 71.1 Å². The van der Waals surface area contributed by atoms with Crippen LogP contribution in [0.25, 0.3) is 10.2 Å². The van der Waals surface area contributed by atoms with Gasteiger partial charge in [-0.05, 0) is 36.8 Å². The normalized spacial score (nSPS) is 10.5. The molecule has 3 aromatic rings. The maximum absolute atomic E-state index is 12.2. The Morgan fingerprint density at radius 3 is 2.62 bits per heavy atom. The molecule has 3 rings (SSSR count). The Balaban J connectivity index is 1.76. The van der Waals surface area contributed by atoms with Gasteiger partial charge in [0.2, 0.25) is 5.91 Å². The smallest absolute Gasteiger partial charge is 0.255 e. The van der Waals surface area contributed by atoms with Crippen molar-refractivity contribution >= 4 is 44.2 Å². The second-order valence-electron chi connectivity index (χ2n) is 5.32. The third-order valence-corrected chi connectivity index (χ3v) is 4.36. The molecule has 0 unspecified atom stereocenters. The summed E-state index contributed by atoms with van der Waals surface area (Å²) in [6.45, 7) is 1.96. The van der Waals surface area contributed by atoms with Crippen molar-refractivity contribution in [3.05, 3.63) is 54.1 Å². The molecule has 0 spiro atoms. The molecule has 0 atom stereocenters. The lowest BCUT2D eigenvalue weighted by molar-refractivity contribution is -0.116. The average molecular weight is 339 g/mol. The van der Waals surface area contributed by atoms with E-state index in [9.17, 15) is 9.59 Å². The highest BCUT2D eigenvalue weighted by molar-refractivity contribution is 7.22. The van der Waals surface area contributed by atoms with Crippen LogP contribution in [0.15, 0.2) is 48.5 Å². The SMILES string of the molecule is CCCC(=O)Nc1nc2cc(NC(=O)c3ccccc3)ccc2s1. The molecule has 2 amide bonds. The molecule has 24 heavy (non-hydrogen) atoms. The van der Waals surface area contributed by atoms with Crippen molar-refractivity contribution in [2.45, 2.75) is 19.8 Å². The zero-order valence-electron chi connectivity index (χ0n) is 13.2. The van der Waals surface area contributed by atoms with Gasteiger partial charge < -0.3 is 10.6 Å². The average Bonchev–Trinajstić information content (AvgIpc) is 2.97. The van der Waals surface area contributed by atoms with Crippen molar-refractivity contribution in [2.75, 3.05) is 10.6 Å². The molecule has 1 aromatic heterocycles. The minimum Gasteiger partial charge on any atom is -0.322 e. The first-order chi connectivity index (χ1) is 11.7. The van der Waals surface area contributed by atoms with Gasteiger partial charge in [0.05, 0.1) is 10.2 Å². The zero-order valence-corrected chi connectivity index (χ0v) is 14.0. The van der Waals surface area contributed by atoms with E-state index < -0.39 is 0 Å². The van der Waals surface area contributed by atoms with Gasteiger partial charge in [-0.2, -0.15) is 0 Å². The van der Waals surface area contributed by atoms with Crippen molar-refractivity contribution in [3.63, 3.8) is 0 Å². The molecule has 2 aromatic carbocycles. The van der Waals surface area contributed by atoms with E-state index in [0.29, 0.717) is 22.8 Å². The van der Waals surface area contributed by atoms with Crippen LogP contribution in [0, 0.1) is 0 Å². The van der Waals surface area contributed by atoms with Gasteiger partial charge >= 0.3 is 0 Å². The quantitative estimate of drug-likeness (QED) is 0.728. The lowest BCUT2D eigenvalue weighted by atomic mass is 10.2. The number of benzene rings is 2. The molecule has 0 saturated carbocycles. The second-order valence-corrected chi connectivity index (χ2v) is 6.35. The molecule has 122 valence electrons. The van der Waals surface area contributed by atoms with E-state index in [1.54, 1.807) is 12.1 Å². The first kappa shape index (κ1) is 16.1. The van der Waals surface area contributed by atoms with Crippen LogP contribution in [-0.4, -0.2) is 16.8 Å². The summed E-state index contributed by atoms with van der Waals surface area (Å²) >= 11 is 1.42. The third kappa shape index (κ3) is 3.78. The van der Waals surface area contributed by atoms with Crippen molar-refractivity contribution in [1.82, 2.24) is 4.98 Å². The summed E-state index contributed by atoms with van der Waals surface area (Å²) in [6, 6.07) is 14.6. The molecule has 0 aliphatic heterocycles. The van der Waals surface area contributed by atoms with E-state index in [-0.39, 0.29) is 11.8 Å². The molecule has 6 heteroatoms. The largest absolute Gasteiger partial charge is 0.322 e. The number of hydrogen-bond donors (Lipinski definition) is 2. The summed E-state index contributed by atoms with van der Waals surface area (Å²) in [4.78, 5) is 28.3. The molecular formula is C18H17N3O2S. The number of rotatable bonds is 5. The highest BCUT2D eigenvalue weighted by atomic mass is 32.1. The Kier molecular flexibility index (Phi) is 4.86. The monoisotopic (exact) mass is 339 g/mol. The fourth-order valence-corrected chi connectivity index (χ4v) is 3.12. The summed E-state index contributed by atoms with van der Waals surface area (Å²) in [7, 11) is 0. The van der Waals surface area contributed by atoms with Gasteiger partial charge in [-0.1, -0.05) is 36.5 Å². The number of anilines is 2. The van der Waals surface area contributed by atoms with Crippen molar-refractivity contribution in [2.24, 2.45) is 0 Å². The maximum atomic E-state index is 12.2. The number of fused-ring (bicyclic) bond motifs is 1. The summed E-state index contributed by atoms with van der Waals surface area (Å²) < 4.78 is 0.958. The van der Waals surface area contributed by atoms with Gasteiger partial charge in [0, 0.05) is 17.7 Å². The first-order valence-electron chi connectivity index (χ1n) is 7.72. The number of carbonyl (C=O) groups excluding carboxylic acids is 2. The first-order valence-corrected chi connectivity index (χ1v) is 8.54. The standard InChI is InChI=1S/C18H17N3O2S/c1-2-6-16(22)21-18-20-14-11-13(9-10-15(14)24-18)19-17(23)12-7-4-3-5-8-12/h3-5,7-11H,2,6H2,1H3,(H,19,23)(H,20,21,22). The number of aromatic nitrogens is 1. The fourth-order valence-electron chi connectivity index (χ4n) is 2.26. The van der Waals surface area contributed by atoms with Crippen LogP contribution in [0.4, 0.5) is 10.8 Å². The number of amides is 2. The van der Waals surface area contributed by atoms with Gasteiger partial charge in [0.15, 0.2) is 5.13 Å². The van der Waals surface area contributed by atoms with Crippen LogP contribution in [0.3, 0.4) is 0 Å². The van der Waals surface area contributed by atoms with E-state index in [1.165, 1.54) is 11.3 Å². The summed E-state index contributed by atoms with van der Waals surface area (Å²) in [5.41, 5.74) is 2.02. The van der Waals surface area contributed by atoms with Gasteiger partial charge in [-0.15, -0.1) is 0 Å². The number of nitrogens with zero attached hydrogens (tertiary/aromatic N) is 1. The molecule has 0 fully saturated rings. The van der Waals surface area contributed by atoms with Crippen molar-refractivity contribution in [1.29, 1.82) is 0 Å². The highest BCUT2D eigenvalue weighted by Crippen LogP contribution is 2.28. The Bertz CT molecular complexity index is 874. The highest BCUT2D eigenvalue weighted by Gasteiger charge is 2.10. The third-order valence-electron chi connectivity index (χ3n) is 3.40. The molecular weight excluding hydrogens is 322 g/mol. The van der Waals surface area contributed by atoms with Gasteiger partial charge in [0.25, 0.3) is 5.91 Å². The van der Waals surface area contributed by atoms with Gasteiger partial charge in [-0.3, -0.25) is 9.59 Å². The minimum atomic E-state index is -0.165. The second kappa shape index (κ2) is 7.23. The fraction of sp³-hybridized carbons (Fsp3) is 0.167. The minimum absolute atomic E-state index is 0.0332. The predicted molar refractivity (Wildman–Crippen MR) is 97.6 cm³/mol. The van der Waals surface area contributed by atoms with Crippen molar-refractivity contribution < 1.29 is 9.59 Å². The van der Waals surface area contributed by atoms with Gasteiger partial charge in [0.1, 0.15) is 0 Å². The summed E-state index contributed by atoms with van der Waals surface area (Å²) in [6.07, 6.45) is 1.28. The summed E-state index contributed by atoms with van der Waals surface area (Å²) in [5.74, 6) is -0.198. The van der Waals surface area contributed by atoms with Crippen LogP contribution in [0.5, 0.6) is 0 Å². The Hall–Kier alpha value is -2.73. The van der Waals surface area contributed by atoms with E-state index in [2.05, 4.69) is 15.6 Å². The van der Waals surface area contributed by atoms with Crippen LogP contribution in [-0.2, 0) is 4.79 Å². The van der Waals surface area contributed by atoms with Crippen LogP contribution in [0.1, 0.15) is 30.1 Å². The number of carbonyl (C=O) groups is 2. The molecule has 1 heterocycles. The van der Waals surface area contributed by atoms with E-state index in [0.717, 1.165) is 16.6 Å². The Morgan fingerprint density at radius 2 is 1.88 bits per heavy atom. The van der Waals surface area contributed by atoms with Crippen LogP contribution < -0.4 is 10.6 Å². The molecule has 0 bridgehead atoms. The number of nitrogens with one attached hydrogen (secondary N) is 2.